The van der Waals surface area contributed by atoms with E-state index in [1.165, 1.54) is 6.07 Å². The predicted molar refractivity (Wildman–Crippen MR) is 77.3 cm³/mol. The Kier molecular flexibility index (Phi) is 5.07. The first kappa shape index (κ1) is 14.5. The third kappa shape index (κ3) is 3.33. The van der Waals surface area contributed by atoms with E-state index in [4.69, 9.17) is 4.74 Å². The highest BCUT2D eigenvalue weighted by Crippen LogP contribution is 2.26. The number of methoxy groups -OCH3 is 1. The molecule has 20 heavy (non-hydrogen) atoms. The Labute approximate surface area is 118 Å². The normalized spacial score (nSPS) is 12.2. The number of benzene rings is 1. The average Bonchev–Trinajstić information content (AvgIpc) is 2.49. The lowest BCUT2D eigenvalue weighted by Gasteiger charge is -2.20. The van der Waals surface area contributed by atoms with Gasteiger partial charge in [-0.1, -0.05) is 25.1 Å². The fraction of sp³-hybridized carbons (Fsp3) is 0.312. The van der Waals surface area contributed by atoms with Crippen molar-refractivity contribution in [3.8, 4) is 5.75 Å². The largest absolute Gasteiger partial charge is 0.495 e. The van der Waals surface area contributed by atoms with Gasteiger partial charge in [0.05, 0.1) is 19.3 Å². The molecule has 0 aliphatic carbocycles. The maximum Gasteiger partial charge on any atom is 0.137 e. The van der Waals surface area contributed by atoms with E-state index in [-0.39, 0.29) is 11.9 Å². The summed E-state index contributed by atoms with van der Waals surface area (Å²) in [5, 5.41) is 3.36. The van der Waals surface area contributed by atoms with E-state index >= 15 is 0 Å². The minimum atomic E-state index is -0.223. The van der Waals surface area contributed by atoms with Gasteiger partial charge >= 0.3 is 0 Å². The second-order valence-corrected chi connectivity index (χ2v) is 4.57. The molecule has 1 aromatic heterocycles. The molecule has 106 valence electrons. The van der Waals surface area contributed by atoms with Crippen LogP contribution in [0, 0.1) is 5.82 Å². The van der Waals surface area contributed by atoms with Crippen LogP contribution in [-0.4, -0.2) is 18.6 Å². The van der Waals surface area contributed by atoms with Crippen LogP contribution in [0.15, 0.2) is 42.7 Å². The third-order valence-electron chi connectivity index (χ3n) is 3.12. The zero-order valence-electron chi connectivity index (χ0n) is 11.8. The molecule has 0 spiro atoms. The van der Waals surface area contributed by atoms with Gasteiger partial charge in [-0.05, 0) is 30.7 Å². The molecule has 2 rings (SSSR count). The highest BCUT2D eigenvalue weighted by molar-refractivity contribution is 5.34. The van der Waals surface area contributed by atoms with Gasteiger partial charge < -0.3 is 10.1 Å². The van der Waals surface area contributed by atoms with Crippen molar-refractivity contribution in [3.05, 3.63) is 59.7 Å². The first-order chi connectivity index (χ1) is 9.76. The molecule has 0 bridgehead atoms. The van der Waals surface area contributed by atoms with E-state index in [1.807, 2.05) is 12.1 Å². The summed E-state index contributed by atoms with van der Waals surface area (Å²) < 4.78 is 19.2. The van der Waals surface area contributed by atoms with E-state index in [9.17, 15) is 4.39 Å². The number of ether oxygens (including phenoxy) is 1. The maximum atomic E-state index is 14.0. The minimum Gasteiger partial charge on any atom is -0.495 e. The Morgan fingerprint density at radius 1 is 1.30 bits per heavy atom. The number of nitrogens with zero attached hydrogens (tertiary/aromatic N) is 1. The van der Waals surface area contributed by atoms with Gasteiger partial charge in [0.15, 0.2) is 0 Å². The molecule has 1 unspecified atom stereocenters. The van der Waals surface area contributed by atoms with Gasteiger partial charge in [0.2, 0.25) is 0 Å². The first-order valence-electron chi connectivity index (χ1n) is 6.73. The molecule has 3 nitrogen and oxygen atoms in total. The highest BCUT2D eigenvalue weighted by atomic mass is 19.1. The molecule has 0 aliphatic rings. The van der Waals surface area contributed by atoms with Crippen molar-refractivity contribution in [1.29, 1.82) is 0 Å². The number of aromatic nitrogens is 1. The summed E-state index contributed by atoms with van der Waals surface area (Å²) in [7, 11) is 1.60. The van der Waals surface area contributed by atoms with Crippen molar-refractivity contribution in [3.63, 3.8) is 0 Å². The van der Waals surface area contributed by atoms with E-state index in [0.717, 1.165) is 18.5 Å². The topological polar surface area (TPSA) is 34.2 Å². The van der Waals surface area contributed by atoms with Gasteiger partial charge in [0.25, 0.3) is 0 Å². The highest BCUT2D eigenvalue weighted by Gasteiger charge is 2.17. The molecule has 4 heteroatoms. The molecule has 2 aromatic rings. The van der Waals surface area contributed by atoms with Crippen molar-refractivity contribution in [2.45, 2.75) is 19.4 Å². The van der Waals surface area contributed by atoms with Crippen LogP contribution >= 0.6 is 0 Å². The summed E-state index contributed by atoms with van der Waals surface area (Å²) in [5.74, 6) is 0.450. The number of halogens is 1. The number of rotatable bonds is 6. The maximum absolute atomic E-state index is 14.0. The average molecular weight is 274 g/mol. The Bertz CT molecular complexity index is 560. The van der Waals surface area contributed by atoms with Crippen molar-refractivity contribution in [1.82, 2.24) is 10.3 Å². The number of hydrogen-bond acceptors (Lipinski definition) is 3. The molecular formula is C16H19FN2O. The van der Waals surface area contributed by atoms with E-state index in [0.29, 0.717) is 11.3 Å². The summed E-state index contributed by atoms with van der Waals surface area (Å²) in [6.45, 7) is 2.88. The Balaban J connectivity index is 2.38. The zero-order valence-corrected chi connectivity index (χ0v) is 11.8. The Hall–Kier alpha value is -1.94. The molecule has 0 saturated heterocycles. The molecule has 0 radical (unpaired) electrons. The molecule has 1 N–H and O–H groups in total. The van der Waals surface area contributed by atoms with Gasteiger partial charge in [-0.2, -0.15) is 0 Å². The van der Waals surface area contributed by atoms with E-state index < -0.39 is 0 Å². The van der Waals surface area contributed by atoms with Crippen molar-refractivity contribution >= 4 is 0 Å². The fourth-order valence-electron chi connectivity index (χ4n) is 2.11. The minimum absolute atomic E-state index is 0.219. The van der Waals surface area contributed by atoms with Crippen LogP contribution in [0.5, 0.6) is 5.75 Å². The Morgan fingerprint density at radius 2 is 2.10 bits per heavy atom. The lowest BCUT2D eigenvalue weighted by molar-refractivity contribution is 0.411. The molecule has 1 aromatic carbocycles. The smallest absolute Gasteiger partial charge is 0.137 e. The van der Waals surface area contributed by atoms with Crippen LogP contribution in [0.2, 0.25) is 0 Å². The van der Waals surface area contributed by atoms with Gasteiger partial charge in [-0.15, -0.1) is 0 Å². The summed E-state index contributed by atoms with van der Waals surface area (Å²) >= 11 is 0. The SMILES string of the molecule is CCCNC(c1cncc(OC)c1)c1ccccc1F. The monoisotopic (exact) mass is 274 g/mol. The second-order valence-electron chi connectivity index (χ2n) is 4.57. The van der Waals surface area contributed by atoms with E-state index in [1.54, 1.807) is 31.6 Å². The van der Waals surface area contributed by atoms with Crippen LogP contribution in [0.1, 0.15) is 30.5 Å². The molecule has 0 fully saturated rings. The van der Waals surface area contributed by atoms with E-state index in [2.05, 4.69) is 17.2 Å². The summed E-state index contributed by atoms with van der Waals surface area (Å²) in [5.41, 5.74) is 1.51. The fourth-order valence-corrected chi connectivity index (χ4v) is 2.11. The van der Waals surface area contributed by atoms with Crippen molar-refractivity contribution in [2.24, 2.45) is 0 Å². The second kappa shape index (κ2) is 7.01. The number of nitrogens with one attached hydrogen (secondary N) is 1. The Morgan fingerprint density at radius 3 is 2.80 bits per heavy atom. The van der Waals surface area contributed by atoms with Crippen molar-refractivity contribution < 1.29 is 9.13 Å². The molecule has 0 amide bonds. The first-order valence-corrected chi connectivity index (χ1v) is 6.73. The zero-order chi connectivity index (χ0) is 14.4. The van der Waals surface area contributed by atoms with Crippen LogP contribution in [0.3, 0.4) is 0 Å². The van der Waals surface area contributed by atoms with Crippen LogP contribution < -0.4 is 10.1 Å². The van der Waals surface area contributed by atoms with Gasteiger partial charge in [0, 0.05) is 11.8 Å². The van der Waals surface area contributed by atoms with Crippen molar-refractivity contribution in [2.75, 3.05) is 13.7 Å². The summed E-state index contributed by atoms with van der Waals surface area (Å²) in [4.78, 5) is 4.15. The lowest BCUT2D eigenvalue weighted by atomic mass is 9.99. The molecule has 1 atom stereocenters. The number of pyridine rings is 1. The quantitative estimate of drug-likeness (QED) is 0.877. The summed E-state index contributed by atoms with van der Waals surface area (Å²) in [6, 6.07) is 8.46. The van der Waals surface area contributed by atoms with Gasteiger partial charge in [0.1, 0.15) is 11.6 Å². The molecule has 0 saturated carbocycles. The lowest BCUT2D eigenvalue weighted by Crippen LogP contribution is -2.24. The third-order valence-corrected chi connectivity index (χ3v) is 3.12. The molecule has 1 heterocycles. The standard InChI is InChI=1S/C16H19FN2O/c1-3-8-19-16(14-6-4-5-7-15(14)17)12-9-13(20-2)11-18-10-12/h4-7,9-11,16,19H,3,8H2,1-2H3. The molecule has 0 aliphatic heterocycles. The van der Waals surface area contributed by atoms with Crippen LogP contribution in [-0.2, 0) is 0 Å². The van der Waals surface area contributed by atoms with Crippen LogP contribution in [0.25, 0.3) is 0 Å². The molecular weight excluding hydrogens is 255 g/mol. The predicted octanol–water partition coefficient (Wildman–Crippen LogP) is 3.32. The van der Waals surface area contributed by atoms with Crippen LogP contribution in [0.4, 0.5) is 4.39 Å². The van der Waals surface area contributed by atoms with Gasteiger partial charge in [-0.3, -0.25) is 4.98 Å². The number of hydrogen-bond donors (Lipinski definition) is 1. The van der Waals surface area contributed by atoms with Gasteiger partial charge in [-0.25, -0.2) is 4.39 Å². The summed E-state index contributed by atoms with van der Waals surface area (Å²) in [6.07, 6.45) is 4.35.